The Balaban J connectivity index is 1.44. The number of benzene rings is 2. The molecule has 2 aromatic carbocycles. The molecule has 1 fully saturated rings. The number of halogens is 1. The Hall–Kier alpha value is -2.37. The summed E-state index contributed by atoms with van der Waals surface area (Å²) in [4.78, 5) is 39.7. The molecule has 7 nitrogen and oxygen atoms in total. The van der Waals surface area contributed by atoms with Gasteiger partial charge in [-0.25, -0.2) is 4.79 Å². The minimum Gasteiger partial charge on any atom is -0.456 e. The summed E-state index contributed by atoms with van der Waals surface area (Å²) in [7, 11) is 0. The van der Waals surface area contributed by atoms with Crippen LogP contribution in [0.15, 0.2) is 71.9 Å². The second-order valence-electron chi connectivity index (χ2n) is 7.36. The molecule has 0 radical (unpaired) electrons. The van der Waals surface area contributed by atoms with Crippen molar-refractivity contribution >= 4 is 52.1 Å². The zero-order valence-corrected chi connectivity index (χ0v) is 19.9. The molecule has 2 aromatic rings. The quantitative estimate of drug-likeness (QED) is 0.233. The van der Waals surface area contributed by atoms with Gasteiger partial charge < -0.3 is 15.2 Å². The summed E-state index contributed by atoms with van der Waals surface area (Å²) >= 11 is 3.65. The van der Waals surface area contributed by atoms with Crippen LogP contribution in [0.3, 0.4) is 0 Å². The van der Waals surface area contributed by atoms with Crippen LogP contribution in [-0.4, -0.2) is 49.4 Å². The van der Waals surface area contributed by atoms with Crippen molar-refractivity contribution in [2.24, 2.45) is 0 Å². The van der Waals surface area contributed by atoms with Crippen molar-refractivity contribution in [2.75, 3.05) is 10.2 Å². The van der Waals surface area contributed by atoms with Crippen molar-refractivity contribution in [3.05, 3.63) is 83.1 Å². The Bertz CT molecular complexity index is 1050. The van der Waals surface area contributed by atoms with E-state index < -0.39 is 29.4 Å². The first kappa shape index (κ1) is 22.8. The van der Waals surface area contributed by atoms with E-state index in [9.17, 15) is 19.5 Å². The van der Waals surface area contributed by atoms with E-state index in [1.54, 1.807) is 30.3 Å². The number of esters is 1. The first-order chi connectivity index (χ1) is 15.5. The summed E-state index contributed by atoms with van der Waals surface area (Å²) in [6, 6.07) is 17.0. The van der Waals surface area contributed by atoms with E-state index in [0.717, 1.165) is 11.1 Å². The van der Waals surface area contributed by atoms with Crippen molar-refractivity contribution in [1.29, 1.82) is 0 Å². The van der Waals surface area contributed by atoms with Crippen LogP contribution in [-0.2, 0) is 25.7 Å². The Kier molecular flexibility index (Phi) is 7.17. The minimum atomic E-state index is -1.37. The number of hydrogen-bond acceptors (Lipinski definition) is 6. The van der Waals surface area contributed by atoms with Crippen molar-refractivity contribution in [3.63, 3.8) is 0 Å². The Morgan fingerprint density at radius 3 is 2.47 bits per heavy atom. The zero-order valence-electron chi connectivity index (χ0n) is 16.9. The van der Waals surface area contributed by atoms with Gasteiger partial charge in [0, 0.05) is 10.2 Å². The average Bonchev–Trinajstić information content (AvgIpc) is 2.85. The second kappa shape index (κ2) is 10.1. The highest BCUT2D eigenvalue weighted by molar-refractivity contribution is 14.1. The van der Waals surface area contributed by atoms with Crippen molar-refractivity contribution in [1.82, 2.24) is 10.2 Å². The summed E-state index contributed by atoms with van der Waals surface area (Å²) in [6.45, 7) is 0.112. The highest BCUT2D eigenvalue weighted by atomic mass is 127. The molecule has 2 N–H and O–H groups in total. The summed E-state index contributed by atoms with van der Waals surface area (Å²) in [5.74, 6) is -1.02. The number of aliphatic hydroxyl groups excluding tert-OH is 1. The molecule has 3 atom stereocenters. The lowest BCUT2D eigenvalue weighted by Gasteiger charge is -2.49. The van der Waals surface area contributed by atoms with Crippen LogP contribution in [0.5, 0.6) is 0 Å². The molecule has 0 bridgehead atoms. The van der Waals surface area contributed by atoms with Crippen LogP contribution in [0.2, 0.25) is 0 Å². The molecule has 2 aliphatic rings. The first-order valence-corrected chi connectivity index (χ1v) is 12.6. The maximum atomic E-state index is 12.9. The SMILES string of the molecule is O=C(OCc1ccccc1)C1=C(CI)CS[C@@H]2C(NC(=O)C(O)c3ccccc3)C(=O)N12. The second-order valence-corrected chi connectivity index (χ2v) is 9.22. The lowest BCUT2D eigenvalue weighted by Crippen LogP contribution is -2.71. The highest BCUT2D eigenvalue weighted by Gasteiger charge is 2.54. The zero-order chi connectivity index (χ0) is 22.7. The molecule has 0 spiro atoms. The van der Waals surface area contributed by atoms with Crippen molar-refractivity contribution in [3.8, 4) is 0 Å². The van der Waals surface area contributed by atoms with E-state index in [-0.39, 0.29) is 18.2 Å². The molecule has 166 valence electrons. The summed E-state index contributed by atoms with van der Waals surface area (Å²) in [5, 5.41) is 12.5. The Labute approximate surface area is 203 Å². The molecule has 0 aromatic heterocycles. The molecular formula is C23H21IN2O5S. The normalized spacial score (nSPS) is 20.8. The van der Waals surface area contributed by atoms with Crippen molar-refractivity contribution < 1.29 is 24.2 Å². The third kappa shape index (κ3) is 4.55. The maximum Gasteiger partial charge on any atom is 0.355 e. The third-order valence-corrected chi connectivity index (χ3v) is 7.54. The van der Waals surface area contributed by atoms with E-state index >= 15 is 0 Å². The van der Waals surface area contributed by atoms with Gasteiger partial charge in [0.2, 0.25) is 0 Å². The van der Waals surface area contributed by atoms with Crippen LogP contribution >= 0.6 is 34.4 Å². The number of alkyl halides is 1. The van der Waals surface area contributed by atoms with Crippen LogP contribution in [0, 0.1) is 0 Å². The fraction of sp³-hybridized carbons (Fsp3) is 0.261. The number of ether oxygens (including phenoxy) is 1. The number of amides is 2. The molecule has 2 heterocycles. The van der Waals surface area contributed by atoms with Crippen LogP contribution in [0.25, 0.3) is 0 Å². The number of aliphatic hydroxyl groups is 1. The highest BCUT2D eigenvalue weighted by Crippen LogP contribution is 2.41. The number of carbonyl (C=O) groups excluding carboxylic acids is 3. The molecule has 2 aliphatic heterocycles. The van der Waals surface area contributed by atoms with E-state index in [1.165, 1.54) is 16.7 Å². The van der Waals surface area contributed by atoms with Crippen LogP contribution < -0.4 is 5.32 Å². The van der Waals surface area contributed by atoms with E-state index in [2.05, 4.69) is 27.9 Å². The number of nitrogens with one attached hydrogen (secondary N) is 1. The van der Waals surface area contributed by atoms with E-state index in [1.807, 2.05) is 30.3 Å². The number of carbonyl (C=O) groups is 3. The van der Waals surface area contributed by atoms with E-state index in [0.29, 0.717) is 15.7 Å². The van der Waals surface area contributed by atoms with Gasteiger partial charge in [-0.1, -0.05) is 83.3 Å². The molecule has 2 amide bonds. The largest absolute Gasteiger partial charge is 0.456 e. The fourth-order valence-electron chi connectivity index (χ4n) is 3.58. The number of β-lactam (4-membered cyclic amide) rings is 1. The predicted molar refractivity (Wildman–Crippen MR) is 129 cm³/mol. The molecule has 0 aliphatic carbocycles. The minimum absolute atomic E-state index is 0.112. The van der Waals surface area contributed by atoms with E-state index in [4.69, 9.17) is 4.74 Å². The maximum absolute atomic E-state index is 12.9. The fourth-order valence-corrected chi connectivity index (χ4v) is 5.93. The molecule has 1 saturated heterocycles. The van der Waals surface area contributed by atoms with Gasteiger partial charge in [0.15, 0.2) is 6.10 Å². The molecule has 2 unspecified atom stereocenters. The average molecular weight is 564 g/mol. The summed E-state index contributed by atoms with van der Waals surface area (Å²) in [6.07, 6.45) is -1.37. The van der Waals surface area contributed by atoms with Crippen LogP contribution in [0.4, 0.5) is 0 Å². The number of fused-ring (bicyclic) bond motifs is 1. The summed E-state index contributed by atoms with van der Waals surface area (Å²) < 4.78 is 6.07. The third-order valence-electron chi connectivity index (χ3n) is 5.28. The Morgan fingerprint density at radius 2 is 1.81 bits per heavy atom. The van der Waals surface area contributed by atoms with Gasteiger partial charge >= 0.3 is 5.97 Å². The Morgan fingerprint density at radius 1 is 1.16 bits per heavy atom. The predicted octanol–water partition coefficient (Wildman–Crippen LogP) is 2.55. The van der Waals surface area contributed by atoms with Crippen LogP contribution in [0.1, 0.15) is 17.2 Å². The van der Waals surface area contributed by atoms with Gasteiger partial charge in [-0.05, 0) is 16.7 Å². The monoisotopic (exact) mass is 564 g/mol. The number of rotatable bonds is 7. The topological polar surface area (TPSA) is 95.9 Å². The van der Waals surface area contributed by atoms with Gasteiger partial charge in [0.1, 0.15) is 23.7 Å². The van der Waals surface area contributed by atoms with Gasteiger partial charge in [-0.3, -0.25) is 14.5 Å². The number of nitrogens with zero attached hydrogens (tertiary/aromatic N) is 1. The van der Waals surface area contributed by atoms with Gasteiger partial charge in [0.05, 0.1) is 0 Å². The standard InChI is InChI=1S/C23H21IN2O5S/c24-11-16-13-32-22-17(25-20(28)19(27)15-9-5-2-6-10-15)21(29)26(22)18(16)23(30)31-12-14-7-3-1-4-8-14/h1-10,17,19,22,27H,11-13H2,(H,25,28)/t17?,19?,22-/m1/s1. The summed E-state index contributed by atoms with van der Waals surface area (Å²) in [5.41, 5.74) is 2.39. The number of thioether (sulfide) groups is 1. The van der Waals surface area contributed by atoms with Gasteiger partial charge in [-0.2, -0.15) is 0 Å². The van der Waals surface area contributed by atoms with Crippen molar-refractivity contribution in [2.45, 2.75) is 24.1 Å². The molecule has 9 heteroatoms. The lowest BCUT2D eigenvalue weighted by molar-refractivity contribution is -0.154. The van der Waals surface area contributed by atoms with Gasteiger partial charge in [0.25, 0.3) is 11.8 Å². The molecule has 0 saturated carbocycles. The smallest absolute Gasteiger partial charge is 0.355 e. The molecular weight excluding hydrogens is 543 g/mol. The molecule has 32 heavy (non-hydrogen) atoms. The number of hydrogen-bond donors (Lipinski definition) is 2. The van der Waals surface area contributed by atoms with Gasteiger partial charge in [-0.15, -0.1) is 11.8 Å². The first-order valence-electron chi connectivity index (χ1n) is 9.98. The molecule has 4 rings (SSSR count). The lowest BCUT2D eigenvalue weighted by atomic mass is 10.0.